The number of nitrogens with zero attached hydrogens (tertiary/aromatic N) is 3. The van der Waals surface area contributed by atoms with E-state index < -0.39 is 0 Å². The predicted octanol–water partition coefficient (Wildman–Crippen LogP) is 1.93. The highest BCUT2D eigenvalue weighted by atomic mass is 16.5. The number of fused-ring (bicyclic) bond motifs is 2. The average Bonchev–Trinajstić information content (AvgIpc) is 2.62. The molecule has 0 amide bonds. The molecule has 3 aromatic rings. The summed E-state index contributed by atoms with van der Waals surface area (Å²) in [7, 11) is 0. The van der Waals surface area contributed by atoms with Gasteiger partial charge in [0, 0.05) is 0 Å². The van der Waals surface area contributed by atoms with Crippen molar-refractivity contribution in [3.8, 4) is 0 Å². The molecular formula is C10H6N3O-. The maximum Gasteiger partial charge on any atom is 0.136 e. The molecule has 14 heavy (non-hydrogen) atoms. The molecule has 3 rings (SSSR count). The van der Waals surface area contributed by atoms with E-state index in [-0.39, 0.29) is 0 Å². The summed E-state index contributed by atoms with van der Waals surface area (Å²) in [5, 5.41) is 17.0. The molecule has 0 radical (unpaired) electrons. The molecular weight excluding hydrogens is 178 g/mol. The lowest BCUT2D eigenvalue weighted by Gasteiger charge is -2.11. The highest BCUT2D eigenvalue weighted by molar-refractivity contribution is 5.95. The minimum atomic E-state index is 0.506. The smallest absolute Gasteiger partial charge is 0.136 e. The van der Waals surface area contributed by atoms with Crippen LogP contribution in [0.1, 0.15) is 0 Å². The van der Waals surface area contributed by atoms with Crippen LogP contribution in [0.25, 0.3) is 21.8 Å². The van der Waals surface area contributed by atoms with Gasteiger partial charge in [0.25, 0.3) is 0 Å². The number of hydrogen-bond donors (Lipinski definition) is 0. The Bertz CT molecular complexity index is 615. The van der Waals surface area contributed by atoms with Crippen LogP contribution < -0.4 is 0 Å². The van der Waals surface area contributed by atoms with Gasteiger partial charge in [0.15, 0.2) is 0 Å². The highest BCUT2D eigenvalue weighted by Gasteiger charge is 1.99. The van der Waals surface area contributed by atoms with E-state index in [2.05, 4.69) is 10.1 Å². The summed E-state index contributed by atoms with van der Waals surface area (Å²) in [5.41, 5.74) is 1.18. The van der Waals surface area contributed by atoms with Crippen molar-refractivity contribution < 1.29 is 0 Å². The number of rotatable bonds is 0. The zero-order chi connectivity index (χ0) is 9.54. The summed E-state index contributed by atoms with van der Waals surface area (Å²) >= 11 is 0. The largest absolute Gasteiger partial charge is 0.790 e. The minimum Gasteiger partial charge on any atom is -0.790 e. The van der Waals surface area contributed by atoms with Crippen LogP contribution in [0.15, 0.2) is 36.7 Å². The second kappa shape index (κ2) is 2.45. The van der Waals surface area contributed by atoms with Crippen molar-refractivity contribution in [2.24, 2.45) is 0 Å². The van der Waals surface area contributed by atoms with Gasteiger partial charge in [-0.3, -0.25) is 4.85 Å². The van der Waals surface area contributed by atoms with Gasteiger partial charge < -0.3 is 5.21 Å². The van der Waals surface area contributed by atoms with Crippen molar-refractivity contribution in [3.63, 3.8) is 0 Å². The van der Waals surface area contributed by atoms with E-state index in [1.807, 2.05) is 24.3 Å². The molecule has 4 nitrogen and oxygen atoms in total. The normalized spacial score (nSPS) is 11.1. The van der Waals surface area contributed by atoms with Crippen LogP contribution in [0.4, 0.5) is 0 Å². The van der Waals surface area contributed by atoms with Gasteiger partial charge in [-0.25, -0.2) is 4.98 Å². The zero-order valence-electron chi connectivity index (χ0n) is 7.21. The number of aromatic nitrogens is 3. The average molecular weight is 184 g/mol. The van der Waals surface area contributed by atoms with Crippen LogP contribution in [0.2, 0.25) is 0 Å². The van der Waals surface area contributed by atoms with E-state index in [9.17, 15) is 5.21 Å². The van der Waals surface area contributed by atoms with Crippen LogP contribution in [0.3, 0.4) is 0 Å². The van der Waals surface area contributed by atoms with Gasteiger partial charge in [-0.15, -0.1) is 0 Å². The lowest BCUT2D eigenvalue weighted by Crippen LogP contribution is -1.97. The van der Waals surface area contributed by atoms with Crippen molar-refractivity contribution in [1.29, 1.82) is 0 Å². The van der Waals surface area contributed by atoms with Crippen LogP contribution in [-0.4, -0.2) is 14.9 Å². The third-order valence-corrected chi connectivity index (χ3v) is 2.29. The Morgan fingerprint density at radius 1 is 1.14 bits per heavy atom. The van der Waals surface area contributed by atoms with Crippen molar-refractivity contribution in [2.75, 3.05) is 0 Å². The summed E-state index contributed by atoms with van der Waals surface area (Å²) in [6, 6.07) is 9.60. The number of hydrogen-bond acceptors (Lipinski definition) is 3. The standard InChI is InChI=1S/C10H6N3O/c14-13-10-5-8-3-1-2-7(8)4-9(10)11-6-12-13/h1-6H/q-1. The van der Waals surface area contributed by atoms with Crippen LogP contribution in [-0.2, 0) is 0 Å². The number of benzene rings is 1. The molecule has 0 aliphatic rings. The van der Waals surface area contributed by atoms with Crippen LogP contribution >= 0.6 is 0 Å². The zero-order valence-corrected chi connectivity index (χ0v) is 7.21. The summed E-state index contributed by atoms with van der Waals surface area (Å²) < 4.78 is 0. The molecule has 1 aromatic heterocycles. The van der Waals surface area contributed by atoms with E-state index in [4.69, 9.17) is 0 Å². The fourth-order valence-electron chi connectivity index (χ4n) is 1.61. The molecule has 2 aromatic carbocycles. The van der Waals surface area contributed by atoms with E-state index >= 15 is 0 Å². The minimum absolute atomic E-state index is 0.506. The molecule has 68 valence electrons. The molecule has 1 heterocycles. The predicted molar refractivity (Wildman–Crippen MR) is 53.8 cm³/mol. The Balaban J connectivity index is 2.57. The first-order valence-electron chi connectivity index (χ1n) is 4.24. The Kier molecular flexibility index (Phi) is 1.28. The van der Waals surface area contributed by atoms with Gasteiger partial charge in [0.05, 0.1) is 11.0 Å². The lowest BCUT2D eigenvalue weighted by molar-refractivity contribution is 0.866. The molecule has 0 aliphatic carbocycles. The topological polar surface area (TPSA) is 53.8 Å². The molecule has 0 fully saturated rings. The van der Waals surface area contributed by atoms with Gasteiger partial charge in [0.1, 0.15) is 6.33 Å². The van der Waals surface area contributed by atoms with Crippen molar-refractivity contribution >= 4 is 21.8 Å². The molecule has 0 N–H and O–H groups in total. The van der Waals surface area contributed by atoms with Gasteiger partial charge in [-0.1, -0.05) is 18.2 Å². The molecule has 0 saturated carbocycles. The van der Waals surface area contributed by atoms with Crippen molar-refractivity contribution in [2.45, 2.75) is 0 Å². The fraction of sp³-hybridized carbons (Fsp3) is 0. The van der Waals surface area contributed by atoms with Crippen molar-refractivity contribution in [1.82, 2.24) is 14.9 Å². The Morgan fingerprint density at radius 3 is 2.79 bits per heavy atom. The van der Waals surface area contributed by atoms with E-state index in [1.165, 1.54) is 6.33 Å². The highest BCUT2D eigenvalue weighted by Crippen LogP contribution is 2.20. The molecule has 0 unspecified atom stereocenters. The van der Waals surface area contributed by atoms with Gasteiger partial charge in [-0.2, -0.15) is 5.10 Å². The molecule has 4 heteroatoms. The first-order chi connectivity index (χ1) is 6.84. The van der Waals surface area contributed by atoms with Gasteiger partial charge >= 0.3 is 0 Å². The first kappa shape index (κ1) is 7.32. The third kappa shape index (κ3) is 0.877. The monoisotopic (exact) mass is 184 g/mol. The summed E-state index contributed by atoms with van der Waals surface area (Å²) in [5.74, 6) is 0. The second-order valence-corrected chi connectivity index (χ2v) is 3.13. The summed E-state index contributed by atoms with van der Waals surface area (Å²) in [4.78, 5) is 4.63. The maximum atomic E-state index is 11.3. The van der Waals surface area contributed by atoms with E-state index in [0.717, 1.165) is 10.8 Å². The molecule has 0 saturated heterocycles. The Morgan fingerprint density at radius 2 is 1.93 bits per heavy atom. The van der Waals surface area contributed by atoms with Gasteiger partial charge in [-0.05, 0) is 22.9 Å². The van der Waals surface area contributed by atoms with Crippen molar-refractivity contribution in [3.05, 3.63) is 41.9 Å². The Labute approximate surface area is 79.4 Å². The van der Waals surface area contributed by atoms with Gasteiger partial charge in [0.2, 0.25) is 0 Å². The first-order valence-corrected chi connectivity index (χ1v) is 4.24. The molecule has 0 bridgehead atoms. The lowest BCUT2D eigenvalue weighted by atomic mass is 10.2. The summed E-state index contributed by atoms with van der Waals surface area (Å²) in [6.07, 6.45) is 1.27. The fourth-order valence-corrected chi connectivity index (χ4v) is 1.61. The Hall–Kier alpha value is -2.10. The third-order valence-electron chi connectivity index (χ3n) is 2.29. The SMILES string of the molecule is [O-]n1ncnc2cc3cccc3cc21. The van der Waals surface area contributed by atoms with Crippen LogP contribution in [0.5, 0.6) is 0 Å². The quantitative estimate of drug-likeness (QED) is 0.536. The van der Waals surface area contributed by atoms with Crippen LogP contribution in [0, 0.1) is 5.21 Å². The summed E-state index contributed by atoms with van der Waals surface area (Å²) in [6.45, 7) is 0. The molecule has 0 spiro atoms. The molecule has 0 atom stereocenters. The maximum absolute atomic E-state index is 11.3. The molecule has 0 aliphatic heterocycles. The van der Waals surface area contributed by atoms with E-state index in [1.54, 1.807) is 6.07 Å². The second-order valence-electron chi connectivity index (χ2n) is 3.13. The van der Waals surface area contributed by atoms with E-state index in [0.29, 0.717) is 15.9 Å².